The lowest BCUT2D eigenvalue weighted by atomic mass is 10.0. The molecule has 0 radical (unpaired) electrons. The quantitative estimate of drug-likeness (QED) is 0.301. The average Bonchev–Trinajstić information content (AvgIpc) is 2.43. The van der Waals surface area contributed by atoms with E-state index in [0.29, 0.717) is 25.0 Å². The number of carbonyl (C=O) groups excluding carboxylic acids is 2. The van der Waals surface area contributed by atoms with Crippen LogP contribution < -0.4 is 0 Å². The maximum Gasteiger partial charge on any atom is 0.305 e. The fraction of sp³-hybridized carbons (Fsp3) is 0.533. The number of ketones is 1. The van der Waals surface area contributed by atoms with Crippen LogP contribution in [-0.4, -0.2) is 23.3 Å². The summed E-state index contributed by atoms with van der Waals surface area (Å²) < 4.78 is 4.84. The zero-order chi connectivity index (χ0) is 14.8. The number of esters is 1. The Hall–Kier alpha value is -1.42. The second-order valence-electron chi connectivity index (χ2n) is 4.48. The Morgan fingerprint density at radius 1 is 1.20 bits per heavy atom. The van der Waals surface area contributed by atoms with E-state index in [1.54, 1.807) is 25.3 Å². The molecule has 1 rings (SSSR count). The van der Waals surface area contributed by atoms with E-state index in [9.17, 15) is 9.59 Å². The van der Waals surface area contributed by atoms with Crippen molar-refractivity contribution in [3.8, 4) is 0 Å². The molecule has 0 aliphatic carbocycles. The summed E-state index contributed by atoms with van der Waals surface area (Å²) in [6.45, 7) is 2.23. The molecule has 0 aliphatic heterocycles. The second-order valence-corrected chi connectivity index (χ2v) is 4.84. The monoisotopic (exact) mass is 297 g/mol. The van der Waals surface area contributed by atoms with Gasteiger partial charge in [-0.3, -0.25) is 9.59 Å². The minimum Gasteiger partial charge on any atom is -0.466 e. The zero-order valence-electron chi connectivity index (χ0n) is 11.7. The fourth-order valence-corrected chi connectivity index (χ4v) is 2.10. The van der Waals surface area contributed by atoms with E-state index in [1.165, 1.54) is 0 Å². The van der Waals surface area contributed by atoms with Gasteiger partial charge in [0.1, 0.15) is 5.15 Å². The second kappa shape index (κ2) is 9.48. The van der Waals surface area contributed by atoms with Crippen LogP contribution in [0.4, 0.5) is 0 Å². The molecule has 4 nitrogen and oxygen atoms in total. The predicted octanol–water partition coefficient (Wildman–Crippen LogP) is 3.82. The van der Waals surface area contributed by atoms with Crippen LogP contribution in [0.5, 0.6) is 0 Å². The third-order valence-corrected chi connectivity index (χ3v) is 3.20. The van der Waals surface area contributed by atoms with Crippen molar-refractivity contribution in [3.63, 3.8) is 0 Å². The van der Waals surface area contributed by atoms with Crippen molar-refractivity contribution >= 4 is 23.4 Å². The first-order valence-corrected chi connectivity index (χ1v) is 7.32. The van der Waals surface area contributed by atoms with Crippen molar-refractivity contribution in [2.45, 2.75) is 45.4 Å². The van der Waals surface area contributed by atoms with E-state index in [-0.39, 0.29) is 16.9 Å². The molecule has 0 amide bonds. The number of rotatable bonds is 9. The van der Waals surface area contributed by atoms with Crippen LogP contribution in [0.15, 0.2) is 18.3 Å². The molecule has 0 saturated carbocycles. The summed E-state index contributed by atoms with van der Waals surface area (Å²) in [5, 5.41) is 0.264. The number of hydrogen-bond acceptors (Lipinski definition) is 4. The maximum absolute atomic E-state index is 11.9. The molecule has 0 bridgehead atoms. The van der Waals surface area contributed by atoms with Gasteiger partial charge in [-0.25, -0.2) is 4.98 Å². The standard InChI is InChI=1S/C15H20ClNO3/c1-2-20-14(19)10-6-4-3-5-9-13(18)12-8-7-11-17-15(12)16/h7-8,11H,2-6,9-10H2,1H3. The molecule has 0 atom stereocenters. The Balaban J connectivity index is 2.14. The van der Waals surface area contributed by atoms with Crippen LogP contribution in [0.25, 0.3) is 0 Å². The normalized spacial score (nSPS) is 10.3. The summed E-state index contributed by atoms with van der Waals surface area (Å²) in [5.74, 6) is -0.126. The third-order valence-electron chi connectivity index (χ3n) is 2.90. The number of carbonyl (C=O) groups is 2. The number of unbranched alkanes of at least 4 members (excludes halogenated alkanes) is 3. The number of aromatic nitrogens is 1. The summed E-state index contributed by atoms with van der Waals surface area (Å²) in [6.07, 6.45) is 5.93. The molecule has 0 spiro atoms. The smallest absolute Gasteiger partial charge is 0.305 e. The Labute approximate surface area is 124 Å². The first-order chi connectivity index (χ1) is 9.65. The van der Waals surface area contributed by atoms with E-state index in [0.717, 1.165) is 25.7 Å². The Kier molecular flexibility index (Phi) is 7.88. The summed E-state index contributed by atoms with van der Waals surface area (Å²) in [7, 11) is 0. The third kappa shape index (κ3) is 6.15. The van der Waals surface area contributed by atoms with Crippen LogP contribution in [0.3, 0.4) is 0 Å². The molecule has 0 N–H and O–H groups in total. The molecule has 0 aromatic carbocycles. The van der Waals surface area contributed by atoms with Gasteiger partial charge in [0.05, 0.1) is 12.2 Å². The minimum atomic E-state index is -0.147. The van der Waals surface area contributed by atoms with Crippen molar-refractivity contribution in [2.24, 2.45) is 0 Å². The lowest BCUT2D eigenvalue weighted by molar-refractivity contribution is -0.143. The lowest BCUT2D eigenvalue weighted by Gasteiger charge is -2.03. The molecule has 0 unspecified atom stereocenters. The molecular formula is C15H20ClNO3. The predicted molar refractivity (Wildman–Crippen MR) is 77.9 cm³/mol. The fourth-order valence-electron chi connectivity index (χ4n) is 1.87. The molecule has 110 valence electrons. The van der Waals surface area contributed by atoms with Gasteiger partial charge in [-0.1, -0.05) is 24.4 Å². The Morgan fingerprint density at radius 2 is 1.90 bits per heavy atom. The van der Waals surface area contributed by atoms with Crippen LogP contribution >= 0.6 is 11.6 Å². The summed E-state index contributed by atoms with van der Waals surface area (Å²) in [5.41, 5.74) is 0.487. The summed E-state index contributed by atoms with van der Waals surface area (Å²) in [6, 6.07) is 3.40. The van der Waals surface area contributed by atoms with Gasteiger partial charge >= 0.3 is 5.97 Å². The highest BCUT2D eigenvalue weighted by Crippen LogP contribution is 2.16. The van der Waals surface area contributed by atoms with Crippen molar-refractivity contribution in [1.29, 1.82) is 0 Å². The highest BCUT2D eigenvalue weighted by molar-refractivity contribution is 6.32. The van der Waals surface area contributed by atoms with Gasteiger partial charge in [0.25, 0.3) is 0 Å². The first-order valence-electron chi connectivity index (χ1n) is 6.94. The Bertz CT molecular complexity index is 448. The van der Waals surface area contributed by atoms with Crippen molar-refractivity contribution < 1.29 is 14.3 Å². The van der Waals surface area contributed by atoms with Gasteiger partial charge in [-0.2, -0.15) is 0 Å². The summed E-state index contributed by atoms with van der Waals surface area (Å²) in [4.78, 5) is 26.9. The molecule has 20 heavy (non-hydrogen) atoms. The topological polar surface area (TPSA) is 56.3 Å². The Morgan fingerprint density at radius 3 is 2.55 bits per heavy atom. The molecule has 5 heteroatoms. The number of pyridine rings is 1. The van der Waals surface area contributed by atoms with Gasteiger partial charge in [-0.15, -0.1) is 0 Å². The van der Waals surface area contributed by atoms with Crippen LogP contribution in [0, 0.1) is 0 Å². The number of nitrogens with zero attached hydrogens (tertiary/aromatic N) is 1. The van der Waals surface area contributed by atoms with Gasteiger partial charge in [0.15, 0.2) is 5.78 Å². The van der Waals surface area contributed by atoms with Gasteiger partial charge in [0, 0.05) is 19.0 Å². The van der Waals surface area contributed by atoms with E-state index in [4.69, 9.17) is 16.3 Å². The lowest BCUT2D eigenvalue weighted by Crippen LogP contribution is -2.03. The highest BCUT2D eigenvalue weighted by atomic mass is 35.5. The maximum atomic E-state index is 11.9. The van der Waals surface area contributed by atoms with Crippen LogP contribution in [-0.2, 0) is 9.53 Å². The number of ether oxygens (including phenoxy) is 1. The molecule has 0 fully saturated rings. The van der Waals surface area contributed by atoms with E-state index in [1.807, 2.05) is 0 Å². The van der Waals surface area contributed by atoms with Crippen molar-refractivity contribution in [1.82, 2.24) is 4.98 Å². The highest BCUT2D eigenvalue weighted by Gasteiger charge is 2.10. The molecule has 1 aromatic rings. The van der Waals surface area contributed by atoms with E-state index in [2.05, 4.69) is 4.98 Å². The van der Waals surface area contributed by atoms with E-state index < -0.39 is 0 Å². The SMILES string of the molecule is CCOC(=O)CCCCCCC(=O)c1cccnc1Cl. The largest absolute Gasteiger partial charge is 0.466 e. The van der Waals surface area contributed by atoms with Gasteiger partial charge < -0.3 is 4.74 Å². The van der Waals surface area contributed by atoms with Gasteiger partial charge in [-0.05, 0) is 31.9 Å². The molecule has 1 heterocycles. The van der Waals surface area contributed by atoms with E-state index >= 15 is 0 Å². The van der Waals surface area contributed by atoms with Crippen LogP contribution in [0.2, 0.25) is 5.15 Å². The molecule has 1 aromatic heterocycles. The minimum absolute atomic E-state index is 0.0218. The first kappa shape index (κ1) is 16.6. The number of Topliss-reactive ketones (excluding diaryl/α,β-unsaturated/α-hetero) is 1. The summed E-state index contributed by atoms with van der Waals surface area (Å²) >= 11 is 5.86. The zero-order valence-corrected chi connectivity index (χ0v) is 12.5. The average molecular weight is 298 g/mol. The van der Waals surface area contributed by atoms with Crippen LogP contribution in [0.1, 0.15) is 55.8 Å². The van der Waals surface area contributed by atoms with Gasteiger partial charge in [0.2, 0.25) is 0 Å². The number of halogens is 1. The molecule has 0 aliphatic rings. The number of hydrogen-bond donors (Lipinski definition) is 0. The van der Waals surface area contributed by atoms with Crippen molar-refractivity contribution in [2.75, 3.05) is 6.61 Å². The van der Waals surface area contributed by atoms with Crippen molar-refractivity contribution in [3.05, 3.63) is 29.0 Å². The molecular weight excluding hydrogens is 278 g/mol. The molecule has 0 saturated heterocycles.